The largest absolute Gasteiger partial charge is 0.496 e. The number of benzene rings is 2. The van der Waals surface area contributed by atoms with Crippen LogP contribution in [0.25, 0.3) is 21.8 Å². The molecule has 0 aliphatic heterocycles. The van der Waals surface area contributed by atoms with Crippen molar-refractivity contribution in [3.05, 3.63) is 59.9 Å². The van der Waals surface area contributed by atoms with Gasteiger partial charge in [0, 0.05) is 58.2 Å². The summed E-state index contributed by atoms with van der Waals surface area (Å²) in [7, 11) is 5.11. The average Bonchev–Trinajstić information content (AvgIpc) is 3.06. The highest BCUT2D eigenvalue weighted by atomic mass is 33.1. The van der Waals surface area contributed by atoms with Gasteiger partial charge in [-0.2, -0.15) is 0 Å². The lowest BCUT2D eigenvalue weighted by Gasteiger charge is -2.21. The molecule has 3 amide bonds. The molecule has 0 radical (unpaired) electrons. The number of carbonyl (C=O) groups is 5. The molecule has 0 fully saturated rings. The molecule has 2 heterocycles. The second-order valence-corrected chi connectivity index (χ2v) is 12.5. The molecule has 252 valence electrons. The number of aliphatic carboxylic acids is 2. The van der Waals surface area contributed by atoms with Crippen LogP contribution in [0, 0.1) is 0 Å². The standard InChI is InChI=1S/C30H31N7O9S2/c1-45-24-9-20-14(7-16(24)27(31)40)18(3-5-33-20)36-22(29(42)35-11-26(38)39)12-47-48-13-23(30(43)44)37-19-4-6-34-21-10-25(46-2)17(28(32)41)8-15(19)21/h3-10,22-23H,11-13H2,1-2H3,(H2,31,40)(H2,32,41)(H,33,36)(H,34,37)(H,35,42)(H,38,39)(H,43,44)/t22-,23-/m0/s1. The number of ether oxygens (including phenoxy) is 2. The molecular weight excluding hydrogens is 667 g/mol. The third kappa shape index (κ3) is 8.45. The fraction of sp³-hybridized carbons (Fsp3) is 0.233. The molecule has 18 heteroatoms. The van der Waals surface area contributed by atoms with Crippen LogP contribution in [0.2, 0.25) is 0 Å². The maximum absolute atomic E-state index is 13.1. The lowest BCUT2D eigenvalue weighted by Crippen LogP contribution is -2.43. The minimum atomic E-state index is -1.24. The van der Waals surface area contributed by atoms with Crippen LogP contribution in [0.4, 0.5) is 11.4 Å². The number of pyridine rings is 2. The maximum atomic E-state index is 13.1. The zero-order valence-corrected chi connectivity index (χ0v) is 27.1. The molecule has 4 aromatic rings. The number of hydrogen-bond donors (Lipinski definition) is 7. The number of nitrogens with one attached hydrogen (secondary N) is 3. The van der Waals surface area contributed by atoms with Crippen molar-refractivity contribution < 1.29 is 43.7 Å². The fourth-order valence-corrected chi connectivity index (χ4v) is 6.89. The summed E-state index contributed by atoms with van der Waals surface area (Å²) in [5, 5.41) is 28.4. The van der Waals surface area contributed by atoms with Gasteiger partial charge in [-0.3, -0.25) is 29.1 Å². The summed E-state index contributed by atoms with van der Waals surface area (Å²) >= 11 is 0. The van der Waals surface area contributed by atoms with Crippen LogP contribution in [-0.2, 0) is 14.4 Å². The van der Waals surface area contributed by atoms with Crippen LogP contribution in [0.3, 0.4) is 0 Å². The van der Waals surface area contributed by atoms with Crippen LogP contribution in [0.5, 0.6) is 11.5 Å². The van der Waals surface area contributed by atoms with Crippen molar-refractivity contribution in [3.63, 3.8) is 0 Å². The zero-order valence-electron chi connectivity index (χ0n) is 25.5. The first-order valence-electron chi connectivity index (χ1n) is 14.0. The molecule has 0 aliphatic carbocycles. The fourth-order valence-electron chi connectivity index (χ4n) is 4.57. The van der Waals surface area contributed by atoms with E-state index in [9.17, 15) is 29.1 Å². The SMILES string of the molecule is COc1cc2nccc(N[C@@H](CSSC[C@H](Nc3ccnc4cc(OC)c(C(N)=O)cc34)C(=O)NCC(=O)O)C(=O)O)c2cc1C(N)=O. The number of carbonyl (C=O) groups excluding carboxylic acids is 3. The van der Waals surface area contributed by atoms with Crippen LogP contribution >= 0.6 is 21.6 Å². The van der Waals surface area contributed by atoms with E-state index in [0.29, 0.717) is 33.2 Å². The first-order chi connectivity index (χ1) is 22.9. The highest BCUT2D eigenvalue weighted by Crippen LogP contribution is 2.32. The van der Waals surface area contributed by atoms with Crippen molar-refractivity contribution in [2.45, 2.75) is 12.1 Å². The molecule has 0 saturated carbocycles. The van der Waals surface area contributed by atoms with Crippen molar-refractivity contribution >= 4 is 84.4 Å². The van der Waals surface area contributed by atoms with E-state index in [4.69, 9.17) is 26.0 Å². The van der Waals surface area contributed by atoms with Crippen molar-refractivity contribution in [3.8, 4) is 11.5 Å². The Hall–Kier alpha value is -5.49. The molecule has 4 rings (SSSR count). The molecule has 0 bridgehead atoms. The predicted octanol–water partition coefficient (Wildman–Crippen LogP) is 1.93. The molecule has 2 aromatic heterocycles. The third-order valence-electron chi connectivity index (χ3n) is 6.90. The summed E-state index contributed by atoms with van der Waals surface area (Å²) < 4.78 is 10.5. The van der Waals surface area contributed by atoms with Crippen LogP contribution in [0.1, 0.15) is 20.7 Å². The Morgan fingerprint density at radius 2 is 1.23 bits per heavy atom. The van der Waals surface area contributed by atoms with E-state index in [1.807, 2.05) is 0 Å². The van der Waals surface area contributed by atoms with E-state index in [2.05, 4.69) is 25.9 Å². The predicted molar refractivity (Wildman–Crippen MR) is 182 cm³/mol. The van der Waals surface area contributed by atoms with Crippen molar-refractivity contribution in [1.82, 2.24) is 15.3 Å². The Labute approximate surface area is 280 Å². The van der Waals surface area contributed by atoms with Gasteiger partial charge in [0.2, 0.25) is 5.91 Å². The van der Waals surface area contributed by atoms with Gasteiger partial charge in [0.15, 0.2) is 0 Å². The summed E-state index contributed by atoms with van der Waals surface area (Å²) in [5.41, 5.74) is 12.9. The highest BCUT2D eigenvalue weighted by Gasteiger charge is 2.24. The van der Waals surface area contributed by atoms with Gasteiger partial charge in [0.25, 0.3) is 11.8 Å². The third-order valence-corrected chi connectivity index (χ3v) is 9.32. The number of fused-ring (bicyclic) bond motifs is 2. The molecular formula is C30H31N7O9S2. The number of carboxylic acids is 2. The number of rotatable bonds is 17. The monoisotopic (exact) mass is 697 g/mol. The van der Waals surface area contributed by atoms with Gasteiger partial charge in [-0.1, -0.05) is 21.6 Å². The Bertz CT molecular complexity index is 1890. The van der Waals surface area contributed by atoms with Gasteiger partial charge in [0.05, 0.1) is 36.4 Å². The van der Waals surface area contributed by atoms with Crippen molar-refractivity contribution in [2.75, 3.05) is 42.9 Å². The number of anilines is 2. The van der Waals surface area contributed by atoms with E-state index in [1.54, 1.807) is 12.1 Å². The Balaban J connectivity index is 1.52. The molecule has 48 heavy (non-hydrogen) atoms. The number of aromatic nitrogens is 2. The smallest absolute Gasteiger partial charge is 0.327 e. The van der Waals surface area contributed by atoms with Gasteiger partial charge < -0.3 is 47.1 Å². The van der Waals surface area contributed by atoms with Gasteiger partial charge in [-0.25, -0.2) is 4.79 Å². The van der Waals surface area contributed by atoms with Crippen molar-refractivity contribution in [1.29, 1.82) is 0 Å². The minimum absolute atomic E-state index is 0.0338. The molecule has 0 saturated heterocycles. The van der Waals surface area contributed by atoms with Gasteiger partial charge >= 0.3 is 11.9 Å². The Morgan fingerprint density at radius 1 is 0.771 bits per heavy atom. The van der Waals surface area contributed by atoms with Crippen molar-refractivity contribution in [2.24, 2.45) is 11.5 Å². The highest BCUT2D eigenvalue weighted by molar-refractivity contribution is 8.76. The van der Waals surface area contributed by atoms with Gasteiger partial charge in [-0.15, -0.1) is 0 Å². The number of primary amides is 2. The average molecular weight is 698 g/mol. The summed E-state index contributed by atoms with van der Waals surface area (Å²) in [6, 6.07) is 7.07. The number of hydrogen-bond acceptors (Lipinski definition) is 13. The summed E-state index contributed by atoms with van der Waals surface area (Å²) in [5.74, 6) is -3.93. The Morgan fingerprint density at radius 3 is 1.65 bits per heavy atom. The number of methoxy groups -OCH3 is 2. The zero-order chi connectivity index (χ0) is 35.0. The molecule has 2 aromatic carbocycles. The van der Waals surface area contributed by atoms with Gasteiger partial charge in [-0.05, 0) is 24.3 Å². The number of carboxylic acid groups (broad SMARTS) is 2. The second kappa shape index (κ2) is 15.9. The molecule has 9 N–H and O–H groups in total. The van der Waals surface area contributed by atoms with E-state index in [1.165, 1.54) is 61.7 Å². The minimum Gasteiger partial charge on any atom is -0.496 e. The van der Waals surface area contributed by atoms with Crippen LogP contribution in [-0.4, -0.2) is 94.2 Å². The summed E-state index contributed by atoms with van der Waals surface area (Å²) in [6.07, 6.45) is 2.96. The summed E-state index contributed by atoms with van der Waals surface area (Å²) in [4.78, 5) is 69.0. The van der Waals surface area contributed by atoms with Gasteiger partial charge in [0.1, 0.15) is 30.1 Å². The topological polar surface area (TPSA) is 258 Å². The normalized spacial score (nSPS) is 12.1. The number of nitrogens with two attached hydrogens (primary N) is 2. The van der Waals surface area contributed by atoms with Crippen LogP contribution < -0.4 is 36.9 Å². The maximum Gasteiger partial charge on any atom is 0.327 e. The molecule has 0 aliphatic rings. The number of nitrogens with zero attached hydrogens (tertiary/aromatic N) is 2. The molecule has 16 nitrogen and oxygen atoms in total. The lowest BCUT2D eigenvalue weighted by molar-refractivity contribution is -0.138. The molecule has 0 unspecified atom stereocenters. The summed E-state index contributed by atoms with van der Waals surface area (Å²) in [6.45, 7) is -0.622. The molecule has 0 spiro atoms. The Kier molecular flexibility index (Phi) is 11.7. The number of amides is 3. The quantitative estimate of drug-likeness (QED) is 0.0614. The first kappa shape index (κ1) is 35.4. The van der Waals surface area contributed by atoms with Crippen LogP contribution in [0.15, 0.2) is 48.8 Å². The van der Waals surface area contributed by atoms with E-state index >= 15 is 0 Å². The lowest BCUT2D eigenvalue weighted by atomic mass is 10.1. The van der Waals surface area contributed by atoms with E-state index < -0.39 is 48.3 Å². The molecule has 2 atom stereocenters. The first-order valence-corrected chi connectivity index (χ1v) is 16.4. The second-order valence-electron chi connectivity index (χ2n) is 10.00. The van der Waals surface area contributed by atoms with E-state index in [-0.39, 0.29) is 34.1 Å². The van der Waals surface area contributed by atoms with E-state index in [0.717, 1.165) is 10.8 Å².